The zero-order chi connectivity index (χ0) is 16.5. The van der Waals surface area contributed by atoms with Crippen LogP contribution in [0.2, 0.25) is 0 Å². The van der Waals surface area contributed by atoms with Gasteiger partial charge in [-0.3, -0.25) is 9.69 Å². The Kier molecular flexibility index (Phi) is 9.77. The van der Waals surface area contributed by atoms with Crippen molar-refractivity contribution in [2.24, 2.45) is 5.92 Å². The molecule has 1 rings (SSSR count). The third kappa shape index (κ3) is 9.79. The second kappa shape index (κ2) is 10.1. The summed E-state index contributed by atoms with van der Waals surface area (Å²) in [5.74, 6) is 0.581. The number of aliphatic hydroxyl groups excluding tert-OH is 3. The fourth-order valence-electron chi connectivity index (χ4n) is 2.14. The number of rotatable bonds is 5. The number of carbonyl (C=O) groups excluding carboxylic acids is 1. The molecule has 0 bridgehead atoms. The Bertz CT molecular complexity index is 270. The van der Waals surface area contributed by atoms with Crippen molar-refractivity contribution >= 4 is 6.47 Å². The van der Waals surface area contributed by atoms with Crippen LogP contribution in [0.4, 0.5) is 0 Å². The van der Waals surface area contributed by atoms with E-state index in [2.05, 4.69) is 4.74 Å². The summed E-state index contributed by atoms with van der Waals surface area (Å²) in [4.78, 5) is 11.5. The SMILES string of the molecule is CC(C)(C)OC=O.C[C@H](O)C(O)N1CCC(CCO)CC1. The molecule has 1 saturated heterocycles. The molecule has 6 nitrogen and oxygen atoms in total. The zero-order valence-electron chi connectivity index (χ0n) is 13.7. The van der Waals surface area contributed by atoms with Gasteiger partial charge < -0.3 is 20.1 Å². The van der Waals surface area contributed by atoms with Crippen LogP contribution < -0.4 is 0 Å². The summed E-state index contributed by atoms with van der Waals surface area (Å²) in [6, 6.07) is 0. The molecule has 21 heavy (non-hydrogen) atoms. The molecule has 2 atom stereocenters. The Morgan fingerprint density at radius 1 is 1.29 bits per heavy atom. The van der Waals surface area contributed by atoms with Crippen LogP contribution in [0, 0.1) is 5.92 Å². The molecular formula is C15H31NO5. The standard InChI is InChI=1S/C10H21NO3.C5H10O2/c1-8(13)10(14)11-5-2-9(3-6-11)4-7-12;1-5(2,3)7-4-6/h8-10,12-14H,2-7H2,1H3;4H,1-3H3/t8-,10?;/m0./s1. The molecule has 3 N–H and O–H groups in total. The molecule has 0 aromatic heterocycles. The number of aliphatic hydroxyl groups is 3. The van der Waals surface area contributed by atoms with Gasteiger partial charge >= 0.3 is 0 Å². The molecule has 1 aliphatic heterocycles. The van der Waals surface area contributed by atoms with E-state index < -0.39 is 12.3 Å². The van der Waals surface area contributed by atoms with Gasteiger partial charge in [-0.1, -0.05) is 0 Å². The van der Waals surface area contributed by atoms with Gasteiger partial charge in [0.1, 0.15) is 11.8 Å². The maximum atomic E-state index is 9.60. The lowest BCUT2D eigenvalue weighted by Gasteiger charge is -2.35. The van der Waals surface area contributed by atoms with Gasteiger partial charge in [0.2, 0.25) is 0 Å². The maximum absolute atomic E-state index is 9.60. The number of piperidine rings is 1. The van der Waals surface area contributed by atoms with Crippen molar-refractivity contribution in [3.8, 4) is 0 Å². The Balaban J connectivity index is 0.000000486. The van der Waals surface area contributed by atoms with Crippen molar-refractivity contribution in [1.29, 1.82) is 0 Å². The van der Waals surface area contributed by atoms with Crippen molar-refractivity contribution in [2.75, 3.05) is 19.7 Å². The molecule has 126 valence electrons. The molecule has 0 aromatic carbocycles. The van der Waals surface area contributed by atoms with Crippen LogP contribution in [-0.4, -0.2) is 64.3 Å². The first-order valence-corrected chi connectivity index (χ1v) is 7.53. The largest absolute Gasteiger partial charge is 0.462 e. The summed E-state index contributed by atoms with van der Waals surface area (Å²) in [7, 11) is 0. The molecule has 0 saturated carbocycles. The lowest BCUT2D eigenvalue weighted by Crippen LogP contribution is -2.46. The summed E-state index contributed by atoms with van der Waals surface area (Å²) in [6.45, 7) is 9.41. The first-order chi connectivity index (χ1) is 9.71. The maximum Gasteiger partial charge on any atom is 0.293 e. The molecule has 1 aliphatic rings. The Labute approximate surface area is 127 Å². The van der Waals surface area contributed by atoms with Crippen LogP contribution in [-0.2, 0) is 9.53 Å². The number of hydrogen-bond acceptors (Lipinski definition) is 6. The van der Waals surface area contributed by atoms with Gasteiger partial charge in [0, 0.05) is 19.7 Å². The molecule has 0 aromatic rings. The molecule has 6 heteroatoms. The van der Waals surface area contributed by atoms with Crippen molar-refractivity contribution in [3.63, 3.8) is 0 Å². The number of ether oxygens (including phenoxy) is 1. The van der Waals surface area contributed by atoms with Gasteiger partial charge in [0.25, 0.3) is 6.47 Å². The number of likely N-dealkylation sites (tertiary alicyclic amines) is 1. The van der Waals surface area contributed by atoms with E-state index in [1.807, 2.05) is 25.7 Å². The highest BCUT2D eigenvalue weighted by molar-refractivity contribution is 5.37. The second-order valence-corrected chi connectivity index (χ2v) is 6.47. The smallest absolute Gasteiger partial charge is 0.293 e. The Morgan fingerprint density at radius 2 is 1.81 bits per heavy atom. The van der Waals surface area contributed by atoms with E-state index in [9.17, 15) is 15.0 Å². The van der Waals surface area contributed by atoms with E-state index >= 15 is 0 Å². The average molecular weight is 305 g/mol. The van der Waals surface area contributed by atoms with Crippen LogP contribution in [0.1, 0.15) is 47.0 Å². The van der Waals surface area contributed by atoms with E-state index in [1.54, 1.807) is 6.92 Å². The molecule has 1 fully saturated rings. The minimum atomic E-state index is -0.731. The molecule has 0 aliphatic carbocycles. The van der Waals surface area contributed by atoms with E-state index in [0.717, 1.165) is 32.4 Å². The summed E-state index contributed by atoms with van der Waals surface area (Å²) in [5.41, 5.74) is -0.318. The predicted molar refractivity (Wildman–Crippen MR) is 80.6 cm³/mol. The fourth-order valence-corrected chi connectivity index (χ4v) is 2.14. The summed E-state index contributed by atoms with van der Waals surface area (Å²) in [5, 5.41) is 27.6. The van der Waals surface area contributed by atoms with E-state index in [4.69, 9.17) is 5.11 Å². The van der Waals surface area contributed by atoms with E-state index in [-0.39, 0.29) is 12.2 Å². The number of carbonyl (C=O) groups is 1. The Hall–Kier alpha value is -0.690. The molecule has 1 unspecified atom stereocenters. The minimum absolute atomic E-state index is 0.254. The van der Waals surface area contributed by atoms with Crippen LogP contribution in [0.25, 0.3) is 0 Å². The van der Waals surface area contributed by atoms with Crippen molar-refractivity contribution in [3.05, 3.63) is 0 Å². The second-order valence-electron chi connectivity index (χ2n) is 6.47. The van der Waals surface area contributed by atoms with Crippen LogP contribution in [0.15, 0.2) is 0 Å². The van der Waals surface area contributed by atoms with E-state index in [0.29, 0.717) is 12.4 Å². The highest BCUT2D eigenvalue weighted by Gasteiger charge is 2.25. The molecule has 0 amide bonds. The topological polar surface area (TPSA) is 90.2 Å². The van der Waals surface area contributed by atoms with Gasteiger partial charge in [-0.2, -0.15) is 0 Å². The van der Waals surface area contributed by atoms with Crippen molar-refractivity contribution in [1.82, 2.24) is 4.90 Å². The molecule has 1 heterocycles. The fraction of sp³-hybridized carbons (Fsp3) is 0.933. The van der Waals surface area contributed by atoms with Crippen molar-refractivity contribution < 1.29 is 24.9 Å². The van der Waals surface area contributed by atoms with E-state index in [1.165, 1.54) is 0 Å². The Morgan fingerprint density at radius 3 is 2.10 bits per heavy atom. The highest BCUT2D eigenvalue weighted by Crippen LogP contribution is 2.21. The third-order valence-electron chi connectivity index (χ3n) is 3.39. The predicted octanol–water partition coefficient (Wildman–Crippen LogP) is 0.738. The van der Waals surface area contributed by atoms with Gasteiger partial charge in [-0.15, -0.1) is 0 Å². The lowest BCUT2D eigenvalue weighted by molar-refractivity contribution is -0.138. The van der Waals surface area contributed by atoms with Gasteiger partial charge in [-0.05, 0) is 52.9 Å². The molecular weight excluding hydrogens is 274 g/mol. The first kappa shape index (κ1) is 20.3. The summed E-state index contributed by atoms with van der Waals surface area (Å²) in [6.07, 6.45) is 1.45. The van der Waals surface area contributed by atoms with Gasteiger partial charge in [-0.25, -0.2) is 0 Å². The summed E-state index contributed by atoms with van der Waals surface area (Å²) >= 11 is 0. The monoisotopic (exact) mass is 305 g/mol. The average Bonchev–Trinajstić information content (AvgIpc) is 2.38. The summed E-state index contributed by atoms with van der Waals surface area (Å²) < 4.78 is 4.55. The number of hydrogen-bond donors (Lipinski definition) is 3. The quantitative estimate of drug-likeness (QED) is 0.649. The zero-order valence-corrected chi connectivity index (χ0v) is 13.7. The van der Waals surface area contributed by atoms with Gasteiger partial charge in [0.15, 0.2) is 0 Å². The van der Waals surface area contributed by atoms with Crippen LogP contribution in [0.3, 0.4) is 0 Å². The lowest BCUT2D eigenvalue weighted by atomic mass is 9.93. The molecule has 0 radical (unpaired) electrons. The van der Waals surface area contributed by atoms with Crippen LogP contribution >= 0.6 is 0 Å². The van der Waals surface area contributed by atoms with Crippen LogP contribution in [0.5, 0.6) is 0 Å². The highest BCUT2D eigenvalue weighted by atomic mass is 16.5. The molecule has 0 spiro atoms. The normalized spacial score (nSPS) is 20.1. The van der Waals surface area contributed by atoms with Gasteiger partial charge in [0.05, 0.1) is 6.10 Å². The minimum Gasteiger partial charge on any atom is -0.462 e. The third-order valence-corrected chi connectivity index (χ3v) is 3.39. The first-order valence-electron chi connectivity index (χ1n) is 7.53. The number of nitrogens with zero attached hydrogens (tertiary/aromatic N) is 1. The van der Waals surface area contributed by atoms with Crippen molar-refractivity contribution in [2.45, 2.75) is 64.9 Å².